The van der Waals surface area contributed by atoms with Gasteiger partial charge in [0.15, 0.2) is 0 Å². The van der Waals surface area contributed by atoms with Gasteiger partial charge in [0.2, 0.25) is 0 Å². The van der Waals surface area contributed by atoms with Gasteiger partial charge in [-0.25, -0.2) is 14.8 Å². The van der Waals surface area contributed by atoms with Crippen LogP contribution in [0.1, 0.15) is 21.7 Å². The molecule has 0 aliphatic rings. The average molecular weight is 392 g/mol. The normalized spacial score (nSPS) is 10.3. The monoisotopic (exact) mass is 392 g/mol. The van der Waals surface area contributed by atoms with Crippen molar-refractivity contribution < 1.29 is 14.3 Å². The lowest BCUT2D eigenvalue weighted by Crippen LogP contribution is -2.10. The molecule has 0 saturated heterocycles. The molecule has 0 aliphatic heterocycles. The molecule has 7 heteroatoms. The molecule has 0 saturated carbocycles. The Kier molecular flexibility index (Phi) is 6.63. The van der Waals surface area contributed by atoms with Crippen molar-refractivity contribution in [1.82, 2.24) is 9.97 Å². The third-order valence-electron chi connectivity index (χ3n) is 4.33. The second-order valence-electron chi connectivity index (χ2n) is 6.34. The first-order valence-corrected chi connectivity index (χ1v) is 9.26. The number of carbonyl (C=O) groups excluding carboxylic acids is 1. The summed E-state index contributed by atoms with van der Waals surface area (Å²) in [6.45, 7) is 2.51. The Morgan fingerprint density at radius 3 is 2.52 bits per heavy atom. The Hall–Kier alpha value is -3.61. The number of esters is 1. The minimum absolute atomic E-state index is 0.408. The standard InChI is InChI=1S/C22H24N4O3/c1-15-24-20(23-13-12-16-8-4-7-11-19(16)28-2)14-21(25-15)26-18-10-6-5-9-17(18)22(27)29-3/h4-11,14H,12-13H2,1-3H3,(H2,23,24,25,26). The first-order chi connectivity index (χ1) is 14.1. The van der Waals surface area contributed by atoms with Gasteiger partial charge in [0.25, 0.3) is 0 Å². The van der Waals surface area contributed by atoms with E-state index in [1.165, 1.54) is 7.11 Å². The molecule has 0 spiro atoms. The van der Waals surface area contributed by atoms with Crippen LogP contribution in [0.15, 0.2) is 54.6 Å². The van der Waals surface area contributed by atoms with Gasteiger partial charge in [-0.05, 0) is 37.1 Å². The van der Waals surface area contributed by atoms with Crippen molar-refractivity contribution in [3.8, 4) is 5.75 Å². The number of anilines is 3. The minimum Gasteiger partial charge on any atom is -0.496 e. The maximum absolute atomic E-state index is 12.0. The second kappa shape index (κ2) is 9.54. The molecular weight excluding hydrogens is 368 g/mol. The molecular formula is C22H24N4O3. The van der Waals surface area contributed by atoms with Gasteiger partial charge in [-0.3, -0.25) is 0 Å². The lowest BCUT2D eigenvalue weighted by atomic mass is 10.1. The molecule has 150 valence electrons. The molecule has 2 N–H and O–H groups in total. The number of hydrogen-bond acceptors (Lipinski definition) is 7. The van der Waals surface area contributed by atoms with Crippen molar-refractivity contribution in [3.05, 3.63) is 71.5 Å². The quantitative estimate of drug-likeness (QED) is 0.561. The molecule has 0 atom stereocenters. The molecule has 3 aromatic rings. The highest BCUT2D eigenvalue weighted by atomic mass is 16.5. The van der Waals surface area contributed by atoms with Gasteiger partial charge in [0.1, 0.15) is 23.2 Å². The number of methoxy groups -OCH3 is 2. The molecule has 0 radical (unpaired) electrons. The van der Waals surface area contributed by atoms with Crippen LogP contribution >= 0.6 is 0 Å². The summed E-state index contributed by atoms with van der Waals surface area (Å²) in [6.07, 6.45) is 0.793. The smallest absolute Gasteiger partial charge is 0.339 e. The zero-order chi connectivity index (χ0) is 20.6. The van der Waals surface area contributed by atoms with Crippen molar-refractivity contribution in [2.45, 2.75) is 13.3 Å². The van der Waals surface area contributed by atoms with Crippen LogP contribution in [0.5, 0.6) is 5.75 Å². The van der Waals surface area contributed by atoms with Gasteiger partial charge in [-0.15, -0.1) is 0 Å². The molecule has 7 nitrogen and oxygen atoms in total. The Balaban J connectivity index is 1.71. The molecule has 0 fully saturated rings. The first-order valence-electron chi connectivity index (χ1n) is 9.26. The zero-order valence-electron chi connectivity index (χ0n) is 16.7. The highest BCUT2D eigenvalue weighted by Gasteiger charge is 2.12. The van der Waals surface area contributed by atoms with Gasteiger partial charge in [0.05, 0.1) is 25.5 Å². The van der Waals surface area contributed by atoms with Crippen molar-refractivity contribution >= 4 is 23.3 Å². The van der Waals surface area contributed by atoms with Crippen molar-refractivity contribution in [1.29, 1.82) is 0 Å². The van der Waals surface area contributed by atoms with Gasteiger partial charge in [-0.2, -0.15) is 0 Å². The number of nitrogens with one attached hydrogen (secondary N) is 2. The van der Waals surface area contributed by atoms with Gasteiger partial charge in [-0.1, -0.05) is 30.3 Å². The molecule has 29 heavy (non-hydrogen) atoms. The first kappa shape index (κ1) is 20.1. The molecule has 2 aromatic carbocycles. The highest BCUT2D eigenvalue weighted by molar-refractivity contribution is 5.96. The van der Waals surface area contributed by atoms with E-state index < -0.39 is 5.97 Å². The van der Waals surface area contributed by atoms with Gasteiger partial charge in [0, 0.05) is 12.6 Å². The predicted octanol–water partition coefficient (Wildman–Crippen LogP) is 3.98. The molecule has 0 unspecified atom stereocenters. The van der Waals surface area contributed by atoms with Crippen molar-refractivity contribution in [3.63, 3.8) is 0 Å². The minimum atomic E-state index is -0.408. The average Bonchev–Trinajstić information content (AvgIpc) is 2.73. The predicted molar refractivity (Wildman–Crippen MR) is 113 cm³/mol. The van der Waals surface area contributed by atoms with E-state index in [1.54, 1.807) is 25.3 Å². The van der Waals surface area contributed by atoms with Crippen LogP contribution in [0.2, 0.25) is 0 Å². The number of hydrogen-bond donors (Lipinski definition) is 2. The van der Waals surface area contributed by atoms with E-state index >= 15 is 0 Å². The van der Waals surface area contributed by atoms with Crippen molar-refractivity contribution in [2.75, 3.05) is 31.4 Å². The van der Waals surface area contributed by atoms with Crippen LogP contribution in [0.3, 0.4) is 0 Å². The fourth-order valence-electron chi connectivity index (χ4n) is 2.98. The number of carbonyl (C=O) groups is 1. The number of aromatic nitrogens is 2. The zero-order valence-corrected chi connectivity index (χ0v) is 16.7. The Labute approximate surface area is 170 Å². The summed E-state index contributed by atoms with van der Waals surface area (Å²) in [4.78, 5) is 20.8. The summed E-state index contributed by atoms with van der Waals surface area (Å²) in [5.74, 6) is 2.37. The number of para-hydroxylation sites is 2. The van der Waals surface area contributed by atoms with E-state index in [2.05, 4.69) is 20.6 Å². The van der Waals surface area contributed by atoms with Crippen molar-refractivity contribution in [2.24, 2.45) is 0 Å². The summed E-state index contributed by atoms with van der Waals surface area (Å²) in [5.41, 5.74) is 2.19. The van der Waals surface area contributed by atoms with Gasteiger partial charge < -0.3 is 20.1 Å². The van der Waals surface area contributed by atoms with E-state index in [4.69, 9.17) is 9.47 Å². The molecule has 1 aromatic heterocycles. The van der Waals surface area contributed by atoms with E-state index in [9.17, 15) is 4.79 Å². The lowest BCUT2D eigenvalue weighted by Gasteiger charge is -2.13. The van der Waals surface area contributed by atoms with Crippen LogP contribution in [-0.4, -0.2) is 36.7 Å². The highest BCUT2D eigenvalue weighted by Crippen LogP contribution is 2.22. The van der Waals surface area contributed by atoms with Crippen LogP contribution in [-0.2, 0) is 11.2 Å². The van der Waals surface area contributed by atoms with Crippen LogP contribution in [0.4, 0.5) is 17.3 Å². The maximum Gasteiger partial charge on any atom is 0.339 e. The summed E-state index contributed by atoms with van der Waals surface area (Å²) in [7, 11) is 3.03. The third kappa shape index (κ3) is 5.22. The second-order valence-corrected chi connectivity index (χ2v) is 6.34. The molecule has 0 bridgehead atoms. The van der Waals surface area contributed by atoms with E-state index in [0.717, 1.165) is 17.7 Å². The van der Waals surface area contributed by atoms with Crippen LogP contribution in [0.25, 0.3) is 0 Å². The molecule has 0 aliphatic carbocycles. The summed E-state index contributed by atoms with van der Waals surface area (Å²) >= 11 is 0. The topological polar surface area (TPSA) is 85.4 Å². The Morgan fingerprint density at radius 1 is 1.00 bits per heavy atom. The molecule has 1 heterocycles. The summed E-state index contributed by atoms with van der Waals surface area (Å²) in [6, 6.07) is 16.9. The molecule has 0 amide bonds. The lowest BCUT2D eigenvalue weighted by molar-refractivity contribution is 0.0602. The fourth-order valence-corrected chi connectivity index (χ4v) is 2.98. The van der Waals surface area contributed by atoms with E-state index in [-0.39, 0.29) is 0 Å². The largest absolute Gasteiger partial charge is 0.496 e. The molecule has 3 rings (SSSR count). The van der Waals surface area contributed by atoms with Gasteiger partial charge >= 0.3 is 5.97 Å². The third-order valence-corrected chi connectivity index (χ3v) is 4.33. The number of nitrogens with zero attached hydrogens (tertiary/aromatic N) is 2. The van der Waals surface area contributed by atoms with Crippen LogP contribution in [0, 0.1) is 6.92 Å². The maximum atomic E-state index is 12.0. The number of rotatable bonds is 8. The summed E-state index contributed by atoms with van der Waals surface area (Å²) < 4.78 is 10.2. The van der Waals surface area contributed by atoms with Crippen LogP contribution < -0.4 is 15.4 Å². The number of benzene rings is 2. The Bertz CT molecular complexity index is 991. The SMILES string of the molecule is COC(=O)c1ccccc1Nc1cc(NCCc2ccccc2OC)nc(C)n1. The van der Waals surface area contributed by atoms with E-state index in [0.29, 0.717) is 35.3 Å². The fraction of sp³-hybridized carbons (Fsp3) is 0.227. The Morgan fingerprint density at radius 2 is 1.72 bits per heavy atom. The number of aryl methyl sites for hydroxylation is 1. The van der Waals surface area contributed by atoms with E-state index in [1.807, 2.05) is 43.3 Å². The summed E-state index contributed by atoms with van der Waals surface area (Å²) in [5, 5.41) is 6.51. The number of ether oxygens (including phenoxy) is 2.